The highest BCUT2D eigenvalue weighted by atomic mass is 32.1. The molecule has 3 aromatic rings. The van der Waals surface area contributed by atoms with Crippen LogP contribution in [0.3, 0.4) is 0 Å². The average molecular weight is 446 g/mol. The molecule has 6 nitrogen and oxygen atoms in total. The highest BCUT2D eigenvalue weighted by Gasteiger charge is 2.31. The van der Waals surface area contributed by atoms with Gasteiger partial charge in [0.1, 0.15) is 28.0 Å². The first-order chi connectivity index (χ1) is 14.9. The lowest BCUT2D eigenvalue weighted by Crippen LogP contribution is -2.39. The summed E-state index contributed by atoms with van der Waals surface area (Å²) in [5.74, 6) is -3.60. The number of carbonyl (C=O) groups is 2. The van der Waals surface area contributed by atoms with Gasteiger partial charge in [0.2, 0.25) is 5.01 Å². The molecule has 160 valence electrons. The van der Waals surface area contributed by atoms with Crippen molar-refractivity contribution in [2.75, 3.05) is 18.4 Å². The summed E-state index contributed by atoms with van der Waals surface area (Å²) in [7, 11) is 0. The second-order valence-corrected chi connectivity index (χ2v) is 8.10. The highest BCUT2D eigenvalue weighted by molar-refractivity contribution is 7.13. The fourth-order valence-corrected chi connectivity index (χ4v) is 4.30. The van der Waals surface area contributed by atoms with E-state index in [2.05, 4.69) is 15.5 Å². The maximum atomic E-state index is 14.0. The van der Waals surface area contributed by atoms with Gasteiger partial charge < -0.3 is 10.2 Å². The number of benzene rings is 2. The van der Waals surface area contributed by atoms with Crippen LogP contribution in [0.15, 0.2) is 42.5 Å². The largest absolute Gasteiger partial charge is 0.338 e. The number of nitrogens with zero attached hydrogens (tertiary/aromatic N) is 3. The number of hydrogen-bond donors (Lipinski definition) is 1. The van der Waals surface area contributed by atoms with Gasteiger partial charge in [-0.15, -0.1) is 10.2 Å². The number of carbonyl (C=O) groups excluding carboxylic acids is 2. The number of piperidine rings is 1. The van der Waals surface area contributed by atoms with Crippen molar-refractivity contribution in [3.05, 3.63) is 75.5 Å². The zero-order valence-electron chi connectivity index (χ0n) is 16.1. The molecule has 10 heteroatoms. The Kier molecular flexibility index (Phi) is 5.99. The third-order valence-electron chi connectivity index (χ3n) is 4.97. The van der Waals surface area contributed by atoms with Crippen LogP contribution in [0.4, 0.5) is 18.9 Å². The maximum Gasteiger partial charge on any atom is 0.286 e. The molecule has 1 aliphatic heterocycles. The lowest BCUT2D eigenvalue weighted by molar-refractivity contribution is 0.0696. The van der Waals surface area contributed by atoms with E-state index in [9.17, 15) is 22.8 Å². The standard InChI is InChI=1S/C21H17F3N4O2S/c22-13-6-8-14(9-7-13)25-18(29)20-27-26-19(31-20)12-3-2-10-28(11-12)21(30)17-15(23)4-1-5-16(17)24/h1,4-9,12H,2-3,10-11H2,(H,25,29)/t12-/m0/s1. The molecular weight excluding hydrogens is 429 g/mol. The first-order valence-electron chi connectivity index (χ1n) is 9.56. The molecule has 1 aliphatic rings. The Balaban J connectivity index is 1.45. The van der Waals surface area contributed by atoms with Gasteiger partial charge in [0.25, 0.3) is 11.8 Å². The molecule has 1 aromatic heterocycles. The zero-order valence-corrected chi connectivity index (χ0v) is 17.0. The first kappa shape index (κ1) is 21.0. The summed E-state index contributed by atoms with van der Waals surface area (Å²) in [6.07, 6.45) is 1.33. The topological polar surface area (TPSA) is 75.2 Å². The van der Waals surface area contributed by atoms with Crippen LogP contribution in [0.2, 0.25) is 0 Å². The van der Waals surface area contributed by atoms with Gasteiger partial charge in [-0.2, -0.15) is 0 Å². The van der Waals surface area contributed by atoms with Crippen LogP contribution in [-0.2, 0) is 0 Å². The molecular formula is C21H17F3N4O2S. The number of halogens is 3. The molecule has 2 amide bonds. The monoisotopic (exact) mass is 446 g/mol. The second kappa shape index (κ2) is 8.84. The Hall–Kier alpha value is -3.27. The smallest absolute Gasteiger partial charge is 0.286 e. The van der Waals surface area contributed by atoms with E-state index in [0.29, 0.717) is 30.1 Å². The van der Waals surface area contributed by atoms with Crippen molar-refractivity contribution >= 4 is 28.8 Å². The van der Waals surface area contributed by atoms with Crippen molar-refractivity contribution in [1.29, 1.82) is 0 Å². The molecule has 0 bridgehead atoms. The van der Waals surface area contributed by atoms with Crippen LogP contribution in [0, 0.1) is 17.5 Å². The average Bonchev–Trinajstić information content (AvgIpc) is 3.26. The highest BCUT2D eigenvalue weighted by Crippen LogP contribution is 2.30. The summed E-state index contributed by atoms with van der Waals surface area (Å²) in [5.41, 5.74) is -0.149. The van der Waals surface area contributed by atoms with Gasteiger partial charge in [0.05, 0.1) is 0 Å². The van der Waals surface area contributed by atoms with E-state index < -0.39 is 34.8 Å². The molecule has 1 N–H and O–H groups in total. The van der Waals surface area contributed by atoms with Crippen LogP contribution in [0.1, 0.15) is 43.9 Å². The number of likely N-dealkylation sites (tertiary alicyclic amines) is 1. The quantitative estimate of drug-likeness (QED) is 0.651. The maximum absolute atomic E-state index is 14.0. The first-order valence-corrected chi connectivity index (χ1v) is 10.4. The van der Waals surface area contributed by atoms with Crippen molar-refractivity contribution < 1.29 is 22.8 Å². The number of hydrogen-bond acceptors (Lipinski definition) is 5. The van der Waals surface area contributed by atoms with Gasteiger partial charge in [-0.3, -0.25) is 9.59 Å². The Morgan fingerprint density at radius 3 is 2.45 bits per heavy atom. The fourth-order valence-electron chi connectivity index (χ4n) is 3.43. The van der Waals surface area contributed by atoms with E-state index in [-0.39, 0.29) is 17.5 Å². The molecule has 1 atom stereocenters. The summed E-state index contributed by atoms with van der Waals surface area (Å²) in [4.78, 5) is 26.5. The second-order valence-electron chi connectivity index (χ2n) is 7.09. The third kappa shape index (κ3) is 4.58. The van der Waals surface area contributed by atoms with E-state index >= 15 is 0 Å². The minimum absolute atomic E-state index is 0.128. The van der Waals surface area contributed by atoms with Crippen LogP contribution >= 0.6 is 11.3 Å². The SMILES string of the molecule is O=C(Nc1ccc(F)cc1)c1nnc([C@H]2CCCN(C(=O)c3c(F)cccc3F)C2)s1. The van der Waals surface area contributed by atoms with Crippen LogP contribution in [-0.4, -0.2) is 40.0 Å². The van der Waals surface area contributed by atoms with Gasteiger partial charge in [0, 0.05) is 24.7 Å². The molecule has 0 radical (unpaired) electrons. The summed E-state index contributed by atoms with van der Waals surface area (Å²) in [6, 6.07) is 8.63. The molecule has 0 unspecified atom stereocenters. The molecule has 2 aromatic carbocycles. The van der Waals surface area contributed by atoms with E-state index in [0.717, 1.165) is 23.5 Å². The molecule has 0 aliphatic carbocycles. The Morgan fingerprint density at radius 1 is 1.03 bits per heavy atom. The van der Waals surface area contributed by atoms with Crippen molar-refractivity contribution in [3.8, 4) is 0 Å². The van der Waals surface area contributed by atoms with Gasteiger partial charge in [-0.25, -0.2) is 13.2 Å². The number of amides is 2. The molecule has 1 fully saturated rings. The molecule has 2 heterocycles. The lowest BCUT2D eigenvalue weighted by atomic mass is 9.98. The lowest BCUT2D eigenvalue weighted by Gasteiger charge is -2.31. The summed E-state index contributed by atoms with van der Waals surface area (Å²) < 4.78 is 41.0. The molecule has 4 rings (SSSR count). The Morgan fingerprint density at radius 2 is 1.74 bits per heavy atom. The van der Waals surface area contributed by atoms with Crippen LogP contribution in [0.5, 0.6) is 0 Å². The minimum Gasteiger partial charge on any atom is -0.338 e. The van der Waals surface area contributed by atoms with Gasteiger partial charge in [0.15, 0.2) is 0 Å². The molecule has 1 saturated heterocycles. The number of rotatable bonds is 4. The normalized spacial score (nSPS) is 16.2. The van der Waals surface area contributed by atoms with Gasteiger partial charge >= 0.3 is 0 Å². The van der Waals surface area contributed by atoms with Crippen LogP contribution < -0.4 is 5.32 Å². The van der Waals surface area contributed by atoms with Gasteiger partial charge in [-0.05, 0) is 49.2 Å². The predicted octanol–water partition coefficient (Wildman–Crippen LogP) is 4.23. The summed E-state index contributed by atoms with van der Waals surface area (Å²) >= 11 is 1.09. The van der Waals surface area contributed by atoms with E-state index in [1.807, 2.05) is 0 Å². The van der Waals surface area contributed by atoms with E-state index in [1.54, 1.807) is 0 Å². The van der Waals surface area contributed by atoms with Gasteiger partial charge in [-0.1, -0.05) is 17.4 Å². The van der Waals surface area contributed by atoms with E-state index in [4.69, 9.17) is 0 Å². The number of nitrogens with one attached hydrogen (secondary N) is 1. The summed E-state index contributed by atoms with van der Waals surface area (Å²) in [5, 5.41) is 11.3. The number of anilines is 1. The predicted molar refractivity (Wildman–Crippen MR) is 108 cm³/mol. The van der Waals surface area contributed by atoms with Crippen molar-refractivity contribution in [2.45, 2.75) is 18.8 Å². The molecule has 0 saturated carbocycles. The van der Waals surface area contributed by atoms with E-state index in [1.165, 1.54) is 35.2 Å². The van der Waals surface area contributed by atoms with Crippen molar-refractivity contribution in [2.24, 2.45) is 0 Å². The van der Waals surface area contributed by atoms with Crippen molar-refractivity contribution in [3.63, 3.8) is 0 Å². The minimum atomic E-state index is -0.900. The van der Waals surface area contributed by atoms with Crippen LogP contribution in [0.25, 0.3) is 0 Å². The third-order valence-corrected chi connectivity index (χ3v) is 6.06. The molecule has 0 spiro atoms. The summed E-state index contributed by atoms with van der Waals surface area (Å²) in [6.45, 7) is 0.598. The Labute approximate surface area is 179 Å². The fraction of sp³-hybridized carbons (Fsp3) is 0.238. The zero-order chi connectivity index (χ0) is 22.0. The number of aromatic nitrogens is 2. The Bertz CT molecular complexity index is 1100. The molecule has 31 heavy (non-hydrogen) atoms. The van der Waals surface area contributed by atoms with Crippen molar-refractivity contribution in [1.82, 2.24) is 15.1 Å².